The Kier molecular flexibility index (Phi) is 5.33. The molecule has 0 aromatic heterocycles. The average molecular weight is 335 g/mol. The van der Waals surface area contributed by atoms with Crippen LogP contribution in [0.1, 0.15) is 18.5 Å². The largest absolute Gasteiger partial charge is 0.453 e. The average Bonchev–Trinajstić information content (AvgIpc) is 2.64. The van der Waals surface area contributed by atoms with Gasteiger partial charge >= 0.3 is 0 Å². The van der Waals surface area contributed by atoms with Crippen LogP contribution in [0.15, 0.2) is 78.9 Å². The van der Waals surface area contributed by atoms with Crippen LogP contribution in [0.25, 0.3) is 0 Å². The van der Waals surface area contributed by atoms with Gasteiger partial charge in [-0.05, 0) is 48.9 Å². The SMILES string of the molecule is C[C@H](O)[C@H](N)c1ccc(Oc2ccccc2)c(Oc2ccccc2)c1. The molecule has 25 heavy (non-hydrogen) atoms. The lowest BCUT2D eigenvalue weighted by atomic mass is 10.0. The third kappa shape index (κ3) is 4.38. The predicted octanol–water partition coefficient (Wildman–Crippen LogP) is 4.65. The number of benzene rings is 3. The van der Waals surface area contributed by atoms with Gasteiger partial charge in [0.15, 0.2) is 11.5 Å². The van der Waals surface area contributed by atoms with Crippen LogP contribution in [0.5, 0.6) is 23.0 Å². The van der Waals surface area contributed by atoms with Crippen molar-refractivity contribution in [2.24, 2.45) is 5.73 Å². The van der Waals surface area contributed by atoms with E-state index in [9.17, 15) is 5.11 Å². The highest BCUT2D eigenvalue weighted by molar-refractivity contribution is 5.48. The minimum atomic E-state index is -0.662. The zero-order chi connectivity index (χ0) is 17.6. The van der Waals surface area contributed by atoms with E-state index in [4.69, 9.17) is 15.2 Å². The summed E-state index contributed by atoms with van der Waals surface area (Å²) in [6, 6.07) is 23.9. The van der Waals surface area contributed by atoms with Gasteiger partial charge < -0.3 is 20.3 Å². The Morgan fingerprint density at radius 2 is 1.28 bits per heavy atom. The van der Waals surface area contributed by atoms with E-state index in [0.717, 1.165) is 5.56 Å². The Balaban J connectivity index is 1.95. The first-order chi connectivity index (χ1) is 12.1. The van der Waals surface area contributed by atoms with Gasteiger partial charge in [-0.25, -0.2) is 0 Å². The lowest BCUT2D eigenvalue weighted by molar-refractivity contribution is 0.164. The minimum Gasteiger partial charge on any atom is -0.453 e. The van der Waals surface area contributed by atoms with E-state index in [1.165, 1.54) is 0 Å². The van der Waals surface area contributed by atoms with Crippen LogP contribution >= 0.6 is 0 Å². The van der Waals surface area contributed by atoms with Crippen molar-refractivity contribution in [1.29, 1.82) is 0 Å². The van der Waals surface area contributed by atoms with Gasteiger partial charge in [0.1, 0.15) is 11.5 Å². The van der Waals surface area contributed by atoms with Gasteiger partial charge in [0.25, 0.3) is 0 Å². The first-order valence-corrected chi connectivity index (χ1v) is 8.17. The molecule has 0 fully saturated rings. The van der Waals surface area contributed by atoms with E-state index in [-0.39, 0.29) is 0 Å². The van der Waals surface area contributed by atoms with E-state index in [1.54, 1.807) is 6.92 Å². The number of aliphatic hydroxyl groups excluding tert-OH is 1. The summed E-state index contributed by atoms with van der Waals surface area (Å²) < 4.78 is 11.9. The highest BCUT2D eigenvalue weighted by atomic mass is 16.5. The Hall–Kier alpha value is -2.82. The van der Waals surface area contributed by atoms with Gasteiger partial charge in [-0.2, -0.15) is 0 Å². The van der Waals surface area contributed by atoms with Crippen LogP contribution < -0.4 is 15.2 Å². The minimum absolute atomic E-state index is 0.496. The molecule has 0 aliphatic heterocycles. The zero-order valence-electron chi connectivity index (χ0n) is 14.0. The molecule has 0 radical (unpaired) electrons. The molecule has 0 heterocycles. The fourth-order valence-electron chi connectivity index (χ4n) is 2.41. The molecule has 3 aromatic carbocycles. The molecule has 0 aliphatic rings. The third-order valence-corrected chi connectivity index (χ3v) is 3.81. The van der Waals surface area contributed by atoms with E-state index in [1.807, 2.05) is 78.9 Å². The summed E-state index contributed by atoms with van der Waals surface area (Å²) in [5.41, 5.74) is 6.84. The van der Waals surface area contributed by atoms with E-state index in [0.29, 0.717) is 23.0 Å². The number of rotatable bonds is 6. The molecule has 128 valence electrons. The Labute approximate surface area is 147 Å². The van der Waals surface area contributed by atoms with E-state index in [2.05, 4.69) is 0 Å². The molecule has 0 bridgehead atoms. The maximum atomic E-state index is 9.76. The van der Waals surface area contributed by atoms with Crippen LogP contribution in [0.3, 0.4) is 0 Å². The van der Waals surface area contributed by atoms with Crippen molar-refractivity contribution >= 4 is 0 Å². The van der Waals surface area contributed by atoms with Gasteiger partial charge in [0.2, 0.25) is 0 Å². The smallest absolute Gasteiger partial charge is 0.170 e. The number of ether oxygens (including phenoxy) is 2. The van der Waals surface area contributed by atoms with Crippen molar-refractivity contribution in [3.63, 3.8) is 0 Å². The van der Waals surface area contributed by atoms with Crippen molar-refractivity contribution in [2.45, 2.75) is 19.1 Å². The topological polar surface area (TPSA) is 64.7 Å². The second-order valence-corrected chi connectivity index (χ2v) is 5.80. The van der Waals surface area contributed by atoms with Crippen LogP contribution in [-0.2, 0) is 0 Å². The standard InChI is InChI=1S/C21H21NO3/c1-15(23)21(22)16-12-13-19(24-17-8-4-2-5-9-17)20(14-16)25-18-10-6-3-7-11-18/h2-15,21,23H,22H2,1H3/t15-,21-/m0/s1. The molecule has 2 atom stereocenters. The summed E-state index contributed by atoms with van der Waals surface area (Å²) in [4.78, 5) is 0. The molecular formula is C21H21NO3. The first kappa shape index (κ1) is 17.0. The van der Waals surface area contributed by atoms with E-state index >= 15 is 0 Å². The fraction of sp³-hybridized carbons (Fsp3) is 0.143. The maximum absolute atomic E-state index is 9.76. The van der Waals surface area contributed by atoms with Crippen LogP contribution in [0, 0.1) is 0 Å². The first-order valence-electron chi connectivity index (χ1n) is 8.17. The monoisotopic (exact) mass is 335 g/mol. The lowest BCUT2D eigenvalue weighted by Gasteiger charge is -2.18. The van der Waals surface area contributed by atoms with Crippen LogP contribution in [0.2, 0.25) is 0 Å². The highest BCUT2D eigenvalue weighted by Gasteiger charge is 2.16. The Bertz CT molecular complexity index is 804. The second kappa shape index (κ2) is 7.83. The molecule has 0 saturated carbocycles. The molecule has 3 rings (SSSR count). The molecule has 0 aliphatic carbocycles. The van der Waals surface area contributed by atoms with Gasteiger partial charge in [-0.1, -0.05) is 42.5 Å². The second-order valence-electron chi connectivity index (χ2n) is 5.80. The molecule has 0 spiro atoms. The summed E-state index contributed by atoms with van der Waals surface area (Å²) >= 11 is 0. The number of hydrogen-bond donors (Lipinski definition) is 2. The molecule has 0 saturated heterocycles. The third-order valence-electron chi connectivity index (χ3n) is 3.81. The highest BCUT2D eigenvalue weighted by Crippen LogP contribution is 2.36. The molecule has 3 N–H and O–H groups in total. The van der Waals surface area contributed by atoms with Crippen molar-refractivity contribution in [3.8, 4) is 23.0 Å². The molecule has 4 nitrogen and oxygen atoms in total. The Morgan fingerprint density at radius 1 is 0.760 bits per heavy atom. The normalized spacial score (nSPS) is 13.1. The number of para-hydroxylation sites is 2. The van der Waals surface area contributed by atoms with Gasteiger partial charge in [0, 0.05) is 0 Å². The van der Waals surface area contributed by atoms with Crippen molar-refractivity contribution in [1.82, 2.24) is 0 Å². The fourth-order valence-corrected chi connectivity index (χ4v) is 2.41. The molecular weight excluding hydrogens is 314 g/mol. The van der Waals surface area contributed by atoms with Crippen LogP contribution in [-0.4, -0.2) is 11.2 Å². The maximum Gasteiger partial charge on any atom is 0.170 e. The number of nitrogens with two attached hydrogens (primary N) is 1. The summed E-state index contributed by atoms with van der Waals surface area (Å²) in [6.07, 6.45) is -0.662. The van der Waals surface area contributed by atoms with Gasteiger partial charge in [-0.3, -0.25) is 0 Å². The van der Waals surface area contributed by atoms with Gasteiger partial charge in [-0.15, -0.1) is 0 Å². The molecule has 4 heteroatoms. The van der Waals surface area contributed by atoms with Crippen LogP contribution in [0.4, 0.5) is 0 Å². The molecule has 0 amide bonds. The predicted molar refractivity (Wildman–Crippen MR) is 98.1 cm³/mol. The number of hydrogen-bond acceptors (Lipinski definition) is 4. The summed E-state index contributed by atoms with van der Waals surface area (Å²) in [5.74, 6) is 2.54. The summed E-state index contributed by atoms with van der Waals surface area (Å²) in [7, 11) is 0. The summed E-state index contributed by atoms with van der Waals surface area (Å²) in [5, 5.41) is 9.76. The quantitative estimate of drug-likeness (QED) is 0.688. The molecule has 3 aromatic rings. The van der Waals surface area contributed by atoms with Crippen molar-refractivity contribution < 1.29 is 14.6 Å². The lowest BCUT2D eigenvalue weighted by Crippen LogP contribution is -2.23. The zero-order valence-corrected chi connectivity index (χ0v) is 14.0. The molecule has 0 unspecified atom stereocenters. The summed E-state index contributed by atoms with van der Waals surface area (Å²) in [6.45, 7) is 1.66. The van der Waals surface area contributed by atoms with Gasteiger partial charge in [0.05, 0.1) is 12.1 Å². The number of aliphatic hydroxyl groups is 1. The van der Waals surface area contributed by atoms with Crippen molar-refractivity contribution in [3.05, 3.63) is 84.4 Å². The Morgan fingerprint density at radius 3 is 1.80 bits per heavy atom. The van der Waals surface area contributed by atoms with E-state index < -0.39 is 12.1 Å². The van der Waals surface area contributed by atoms with Crippen molar-refractivity contribution in [2.75, 3.05) is 0 Å².